The van der Waals surface area contributed by atoms with Crippen molar-refractivity contribution in [3.63, 3.8) is 0 Å². The van der Waals surface area contributed by atoms with Crippen molar-refractivity contribution in [1.29, 1.82) is 0 Å². The second-order valence-corrected chi connectivity index (χ2v) is 7.34. The molecule has 0 saturated carbocycles. The molecule has 0 aliphatic carbocycles. The number of amides is 2. The molecule has 3 rings (SSSR count). The lowest BCUT2D eigenvalue weighted by Crippen LogP contribution is -2.41. The number of hydrogen-bond donors (Lipinski definition) is 0. The number of furan rings is 1. The summed E-state index contributed by atoms with van der Waals surface area (Å²) in [4.78, 5) is 28.0. The maximum atomic E-state index is 12.4. The van der Waals surface area contributed by atoms with Crippen LogP contribution >= 0.6 is 11.8 Å². The van der Waals surface area contributed by atoms with Gasteiger partial charge in [0.25, 0.3) is 0 Å². The van der Waals surface area contributed by atoms with Gasteiger partial charge in [-0.3, -0.25) is 9.59 Å². The molecule has 1 fully saturated rings. The third kappa shape index (κ3) is 4.40. The maximum absolute atomic E-state index is 12.4. The van der Waals surface area contributed by atoms with Crippen LogP contribution in [0.15, 0.2) is 34.7 Å². The molecular weight excluding hydrogens is 352 g/mol. The molecule has 0 radical (unpaired) electrons. The minimum Gasteiger partial charge on any atom is -0.459 e. The van der Waals surface area contributed by atoms with Crippen LogP contribution in [0, 0.1) is 0 Å². The van der Waals surface area contributed by atoms with Gasteiger partial charge in [0.15, 0.2) is 0 Å². The summed E-state index contributed by atoms with van der Waals surface area (Å²) in [7, 11) is 1.77. The molecule has 1 unspecified atom stereocenters. The summed E-state index contributed by atoms with van der Waals surface area (Å²) in [5.41, 5.74) is 0.820. The lowest BCUT2D eigenvalue weighted by molar-refractivity contribution is -0.132. The third-order valence-electron chi connectivity index (χ3n) is 4.65. The van der Waals surface area contributed by atoms with Crippen LogP contribution in [0.2, 0.25) is 0 Å². The van der Waals surface area contributed by atoms with Crippen molar-refractivity contribution in [3.05, 3.63) is 36.1 Å². The molecule has 140 valence electrons. The SMILES string of the molecule is CC(c1cc2ccccc2o1)N(C)C(=O)CSCC(=O)N1CCOCC1. The van der Waals surface area contributed by atoms with Gasteiger partial charge < -0.3 is 19.0 Å². The Morgan fingerprint density at radius 3 is 2.69 bits per heavy atom. The van der Waals surface area contributed by atoms with E-state index in [9.17, 15) is 9.59 Å². The Morgan fingerprint density at radius 2 is 1.96 bits per heavy atom. The Balaban J connectivity index is 1.49. The molecule has 0 bridgehead atoms. The quantitative estimate of drug-likeness (QED) is 0.775. The van der Waals surface area contributed by atoms with E-state index in [-0.39, 0.29) is 23.6 Å². The molecule has 1 aliphatic heterocycles. The monoisotopic (exact) mass is 376 g/mol. The number of carbonyl (C=O) groups is 2. The molecule has 0 N–H and O–H groups in total. The number of morpholine rings is 1. The average Bonchev–Trinajstić information content (AvgIpc) is 3.11. The van der Waals surface area contributed by atoms with E-state index >= 15 is 0 Å². The second-order valence-electron chi connectivity index (χ2n) is 6.35. The Labute approximate surface area is 157 Å². The lowest BCUT2D eigenvalue weighted by Gasteiger charge is -2.27. The van der Waals surface area contributed by atoms with E-state index < -0.39 is 0 Å². The largest absolute Gasteiger partial charge is 0.459 e. The van der Waals surface area contributed by atoms with Crippen molar-refractivity contribution in [2.75, 3.05) is 44.9 Å². The smallest absolute Gasteiger partial charge is 0.232 e. The first-order valence-corrected chi connectivity index (χ1v) is 9.89. The third-order valence-corrected chi connectivity index (χ3v) is 5.55. The van der Waals surface area contributed by atoms with Crippen molar-refractivity contribution in [1.82, 2.24) is 9.80 Å². The number of benzene rings is 1. The summed E-state index contributed by atoms with van der Waals surface area (Å²) >= 11 is 1.36. The van der Waals surface area contributed by atoms with E-state index in [1.807, 2.05) is 37.3 Å². The zero-order valence-electron chi connectivity index (χ0n) is 15.1. The van der Waals surface area contributed by atoms with Crippen LogP contribution in [-0.2, 0) is 14.3 Å². The van der Waals surface area contributed by atoms with E-state index in [4.69, 9.17) is 9.15 Å². The van der Waals surface area contributed by atoms with E-state index in [2.05, 4.69) is 0 Å². The Morgan fingerprint density at radius 1 is 1.23 bits per heavy atom. The van der Waals surface area contributed by atoms with Crippen LogP contribution in [-0.4, -0.2) is 66.5 Å². The number of hydrogen-bond acceptors (Lipinski definition) is 5. The fourth-order valence-electron chi connectivity index (χ4n) is 2.85. The molecule has 26 heavy (non-hydrogen) atoms. The van der Waals surface area contributed by atoms with E-state index in [0.29, 0.717) is 32.1 Å². The molecular formula is C19H24N2O4S. The zero-order valence-corrected chi connectivity index (χ0v) is 16.0. The van der Waals surface area contributed by atoms with Gasteiger partial charge in [-0.25, -0.2) is 0 Å². The number of fused-ring (bicyclic) bond motifs is 1. The molecule has 2 amide bonds. The van der Waals surface area contributed by atoms with Gasteiger partial charge in [0.2, 0.25) is 11.8 Å². The molecule has 1 saturated heterocycles. The van der Waals surface area contributed by atoms with Crippen LogP contribution in [0.4, 0.5) is 0 Å². The van der Waals surface area contributed by atoms with Crippen molar-refractivity contribution >= 4 is 34.5 Å². The van der Waals surface area contributed by atoms with E-state index in [0.717, 1.165) is 16.7 Å². The van der Waals surface area contributed by atoms with Gasteiger partial charge in [0.1, 0.15) is 11.3 Å². The molecule has 1 aliphatic rings. The molecule has 2 heterocycles. The first-order valence-electron chi connectivity index (χ1n) is 8.73. The van der Waals surface area contributed by atoms with Gasteiger partial charge >= 0.3 is 0 Å². The molecule has 1 atom stereocenters. The number of rotatable bonds is 6. The highest BCUT2D eigenvalue weighted by atomic mass is 32.2. The number of para-hydroxylation sites is 1. The van der Waals surface area contributed by atoms with Gasteiger partial charge in [-0.2, -0.15) is 0 Å². The van der Waals surface area contributed by atoms with E-state index in [1.165, 1.54) is 11.8 Å². The molecule has 0 spiro atoms. The number of nitrogens with zero attached hydrogens (tertiary/aromatic N) is 2. The predicted molar refractivity (Wildman–Crippen MR) is 102 cm³/mol. The highest BCUT2D eigenvalue weighted by molar-refractivity contribution is 8.00. The van der Waals surface area contributed by atoms with Crippen LogP contribution in [0.1, 0.15) is 18.7 Å². The minimum absolute atomic E-state index is 0.0160. The molecule has 7 heteroatoms. The summed E-state index contributed by atoms with van der Waals surface area (Å²) in [6.45, 7) is 4.39. The first kappa shape index (κ1) is 18.8. The lowest BCUT2D eigenvalue weighted by atomic mass is 10.2. The van der Waals surface area contributed by atoms with Gasteiger partial charge in [-0.05, 0) is 19.1 Å². The summed E-state index contributed by atoms with van der Waals surface area (Å²) in [6.07, 6.45) is 0. The van der Waals surface area contributed by atoms with Crippen molar-refractivity contribution in [3.8, 4) is 0 Å². The molecule has 1 aromatic heterocycles. The number of ether oxygens (including phenoxy) is 1. The number of thioether (sulfide) groups is 1. The van der Waals surface area contributed by atoms with Gasteiger partial charge in [0, 0.05) is 25.5 Å². The van der Waals surface area contributed by atoms with Crippen molar-refractivity contribution in [2.24, 2.45) is 0 Å². The Kier molecular flexibility index (Phi) is 6.21. The molecule has 2 aromatic rings. The highest BCUT2D eigenvalue weighted by Gasteiger charge is 2.22. The molecule has 1 aromatic carbocycles. The fourth-order valence-corrected chi connectivity index (χ4v) is 3.68. The van der Waals surface area contributed by atoms with Gasteiger partial charge in [-0.15, -0.1) is 11.8 Å². The van der Waals surface area contributed by atoms with Crippen LogP contribution in [0.5, 0.6) is 0 Å². The van der Waals surface area contributed by atoms with Crippen molar-refractivity contribution < 1.29 is 18.7 Å². The highest BCUT2D eigenvalue weighted by Crippen LogP contribution is 2.27. The van der Waals surface area contributed by atoms with Crippen molar-refractivity contribution in [2.45, 2.75) is 13.0 Å². The summed E-state index contributed by atoms with van der Waals surface area (Å²) in [5, 5.41) is 1.03. The van der Waals surface area contributed by atoms with E-state index in [1.54, 1.807) is 16.8 Å². The van der Waals surface area contributed by atoms with Crippen LogP contribution in [0.25, 0.3) is 11.0 Å². The Hall–Kier alpha value is -1.99. The summed E-state index contributed by atoms with van der Waals surface area (Å²) < 4.78 is 11.1. The standard InChI is InChI=1S/C19H24N2O4S/c1-14(17-11-15-5-3-4-6-16(15)25-17)20(2)18(22)12-26-13-19(23)21-7-9-24-10-8-21/h3-6,11,14H,7-10,12-13H2,1-2H3. The van der Waals surface area contributed by atoms with Crippen LogP contribution in [0.3, 0.4) is 0 Å². The predicted octanol–water partition coefficient (Wildman–Crippen LogP) is 2.54. The van der Waals surface area contributed by atoms with Gasteiger partial charge in [-0.1, -0.05) is 18.2 Å². The summed E-state index contributed by atoms with van der Waals surface area (Å²) in [5.74, 6) is 1.41. The molecule has 6 nitrogen and oxygen atoms in total. The Bertz CT molecular complexity index is 737. The maximum Gasteiger partial charge on any atom is 0.232 e. The number of carbonyl (C=O) groups excluding carboxylic acids is 2. The summed E-state index contributed by atoms with van der Waals surface area (Å²) in [6, 6.07) is 9.61. The fraction of sp³-hybridized carbons (Fsp3) is 0.474. The second kappa shape index (κ2) is 8.60. The first-order chi connectivity index (χ1) is 12.6. The topological polar surface area (TPSA) is 63.0 Å². The van der Waals surface area contributed by atoms with Gasteiger partial charge in [0.05, 0.1) is 30.8 Å². The normalized spacial score (nSPS) is 15.8. The minimum atomic E-state index is -0.162. The zero-order chi connectivity index (χ0) is 18.5. The average molecular weight is 376 g/mol. The van der Waals surface area contributed by atoms with Crippen LogP contribution < -0.4 is 0 Å².